The monoisotopic (exact) mass is 359 g/mol. The molecular formula is C16H26FN3O5. The van der Waals surface area contributed by atoms with Gasteiger partial charge in [0.1, 0.15) is 12.7 Å². The van der Waals surface area contributed by atoms with Crippen molar-refractivity contribution in [1.29, 1.82) is 0 Å². The van der Waals surface area contributed by atoms with Crippen molar-refractivity contribution in [3.63, 3.8) is 0 Å². The third-order valence-electron chi connectivity index (χ3n) is 4.38. The van der Waals surface area contributed by atoms with Gasteiger partial charge in [0.25, 0.3) is 0 Å². The predicted molar refractivity (Wildman–Crippen MR) is 87.8 cm³/mol. The third-order valence-corrected chi connectivity index (χ3v) is 4.38. The molecule has 2 N–H and O–H groups in total. The van der Waals surface area contributed by atoms with E-state index in [2.05, 4.69) is 5.32 Å². The lowest BCUT2D eigenvalue weighted by Crippen LogP contribution is -2.55. The van der Waals surface area contributed by atoms with Crippen LogP contribution in [0.5, 0.6) is 0 Å². The fourth-order valence-electron chi connectivity index (χ4n) is 2.92. The van der Waals surface area contributed by atoms with Crippen LogP contribution in [0.15, 0.2) is 0 Å². The number of likely N-dealkylation sites (tertiary alicyclic amines) is 1. The van der Waals surface area contributed by atoms with Crippen molar-refractivity contribution in [2.75, 3.05) is 26.3 Å². The molecule has 8 nitrogen and oxygen atoms in total. The number of carbonyl (C=O) groups is 4. The van der Waals surface area contributed by atoms with E-state index in [1.165, 1.54) is 4.90 Å². The zero-order valence-electron chi connectivity index (χ0n) is 14.7. The highest BCUT2D eigenvalue weighted by atomic mass is 19.1. The van der Waals surface area contributed by atoms with Crippen LogP contribution in [0, 0.1) is 0 Å². The lowest BCUT2D eigenvalue weighted by molar-refractivity contribution is -0.136. The summed E-state index contributed by atoms with van der Waals surface area (Å²) in [5, 5.41) is 11.6. The summed E-state index contributed by atoms with van der Waals surface area (Å²) in [6.45, 7) is 3.36. The summed E-state index contributed by atoms with van der Waals surface area (Å²) < 4.78 is 12.8. The normalized spacial score (nSPS) is 18.4. The van der Waals surface area contributed by atoms with Crippen molar-refractivity contribution in [3.8, 4) is 0 Å². The number of nitrogens with one attached hydrogen (secondary N) is 1. The van der Waals surface area contributed by atoms with E-state index >= 15 is 0 Å². The van der Waals surface area contributed by atoms with Crippen molar-refractivity contribution in [2.45, 2.75) is 51.6 Å². The summed E-state index contributed by atoms with van der Waals surface area (Å²) in [5.74, 6) is -1.93. The standard InChI is InChI=1S/C16H26FN3O5/c1-3-19(4-2)14(22)9-11(13(21)10-17)18-15(23)12-7-5-6-8-20(12)16(24)25/h11-12H,3-10H2,1-2H3,(H,18,23)(H,24,25). The molecule has 142 valence electrons. The number of hydrogen-bond donors (Lipinski definition) is 2. The summed E-state index contributed by atoms with van der Waals surface area (Å²) in [4.78, 5) is 50.1. The van der Waals surface area contributed by atoms with Gasteiger partial charge in [-0.05, 0) is 33.1 Å². The van der Waals surface area contributed by atoms with Gasteiger partial charge in [0.15, 0.2) is 5.78 Å². The second kappa shape index (κ2) is 9.95. The quantitative estimate of drug-likeness (QED) is 0.667. The maximum absolute atomic E-state index is 12.8. The first-order chi connectivity index (χ1) is 11.8. The molecular weight excluding hydrogens is 333 g/mol. The molecule has 2 atom stereocenters. The van der Waals surface area contributed by atoms with Crippen LogP contribution in [-0.2, 0) is 14.4 Å². The number of carbonyl (C=O) groups excluding carboxylic acids is 3. The van der Waals surface area contributed by atoms with Crippen LogP contribution >= 0.6 is 0 Å². The molecule has 0 aliphatic carbocycles. The molecule has 2 unspecified atom stereocenters. The molecule has 1 aliphatic heterocycles. The summed E-state index contributed by atoms with van der Waals surface area (Å²) >= 11 is 0. The molecule has 0 aromatic carbocycles. The molecule has 1 rings (SSSR count). The van der Waals surface area contributed by atoms with E-state index in [4.69, 9.17) is 0 Å². The van der Waals surface area contributed by atoms with Gasteiger partial charge in [0.05, 0.1) is 12.5 Å². The van der Waals surface area contributed by atoms with E-state index in [1.807, 2.05) is 0 Å². The molecule has 9 heteroatoms. The summed E-state index contributed by atoms with van der Waals surface area (Å²) in [6, 6.07) is -2.21. The van der Waals surface area contributed by atoms with Gasteiger partial charge in [0, 0.05) is 19.6 Å². The molecule has 1 saturated heterocycles. The molecule has 0 aromatic rings. The predicted octanol–water partition coefficient (Wildman–Crippen LogP) is 0.801. The summed E-state index contributed by atoms with van der Waals surface area (Å²) in [6.07, 6.45) is 0.118. The number of Topliss-reactive ketones (excluding diaryl/α,β-unsaturated/α-hetero) is 1. The first-order valence-electron chi connectivity index (χ1n) is 8.52. The molecule has 1 heterocycles. The van der Waals surface area contributed by atoms with E-state index in [1.54, 1.807) is 13.8 Å². The summed E-state index contributed by atoms with van der Waals surface area (Å²) in [5.41, 5.74) is 0. The van der Waals surface area contributed by atoms with Gasteiger partial charge < -0.3 is 15.3 Å². The molecule has 1 aliphatic rings. The molecule has 25 heavy (non-hydrogen) atoms. The van der Waals surface area contributed by atoms with Gasteiger partial charge in [-0.25, -0.2) is 9.18 Å². The second-order valence-corrected chi connectivity index (χ2v) is 5.92. The number of carboxylic acid groups (broad SMARTS) is 1. The van der Waals surface area contributed by atoms with Crippen molar-refractivity contribution in [3.05, 3.63) is 0 Å². The number of alkyl halides is 1. The van der Waals surface area contributed by atoms with Gasteiger partial charge in [0.2, 0.25) is 11.8 Å². The Kier molecular flexibility index (Phi) is 8.30. The van der Waals surface area contributed by atoms with Gasteiger partial charge in [-0.1, -0.05) is 0 Å². The summed E-state index contributed by atoms with van der Waals surface area (Å²) in [7, 11) is 0. The molecule has 0 bridgehead atoms. The van der Waals surface area contributed by atoms with Crippen LogP contribution in [0.4, 0.5) is 9.18 Å². The second-order valence-electron chi connectivity index (χ2n) is 5.92. The van der Waals surface area contributed by atoms with Crippen LogP contribution in [0.1, 0.15) is 39.5 Å². The van der Waals surface area contributed by atoms with Crippen LogP contribution in [0.3, 0.4) is 0 Å². The Balaban J connectivity index is 2.83. The molecule has 3 amide bonds. The van der Waals surface area contributed by atoms with Gasteiger partial charge in [-0.3, -0.25) is 19.3 Å². The molecule has 1 fully saturated rings. The first kappa shape index (κ1) is 20.9. The lowest BCUT2D eigenvalue weighted by atomic mass is 10.0. The Bertz CT molecular complexity index is 510. The Hall–Kier alpha value is -2.19. The van der Waals surface area contributed by atoms with Crippen molar-refractivity contribution in [1.82, 2.24) is 15.1 Å². The topological polar surface area (TPSA) is 107 Å². The van der Waals surface area contributed by atoms with Gasteiger partial charge in [-0.15, -0.1) is 0 Å². The third kappa shape index (κ3) is 5.68. The minimum absolute atomic E-state index is 0.230. The van der Waals surface area contributed by atoms with Gasteiger partial charge in [-0.2, -0.15) is 0 Å². The number of nitrogens with zero attached hydrogens (tertiary/aromatic N) is 2. The minimum Gasteiger partial charge on any atom is -0.465 e. The average Bonchev–Trinajstić information content (AvgIpc) is 2.61. The Morgan fingerprint density at radius 2 is 1.88 bits per heavy atom. The maximum atomic E-state index is 12.8. The number of ketones is 1. The first-order valence-corrected chi connectivity index (χ1v) is 8.52. The SMILES string of the molecule is CCN(CC)C(=O)CC(NC(=O)C1CCCCN1C(=O)O)C(=O)CF. The fourth-order valence-corrected chi connectivity index (χ4v) is 2.92. The minimum atomic E-state index is -1.30. The van der Waals surface area contributed by atoms with E-state index in [-0.39, 0.29) is 18.9 Å². The van der Waals surface area contributed by atoms with E-state index in [0.29, 0.717) is 32.4 Å². The highest BCUT2D eigenvalue weighted by molar-refractivity contribution is 5.95. The number of hydrogen-bond acceptors (Lipinski definition) is 4. The Morgan fingerprint density at radius 1 is 1.24 bits per heavy atom. The smallest absolute Gasteiger partial charge is 0.407 e. The Morgan fingerprint density at radius 3 is 2.40 bits per heavy atom. The lowest BCUT2D eigenvalue weighted by Gasteiger charge is -2.33. The number of piperidine rings is 1. The zero-order valence-corrected chi connectivity index (χ0v) is 14.7. The number of rotatable bonds is 8. The van der Waals surface area contributed by atoms with Crippen molar-refractivity contribution < 1.29 is 28.7 Å². The highest BCUT2D eigenvalue weighted by Crippen LogP contribution is 2.17. The Labute approximate surface area is 146 Å². The van der Waals surface area contributed by atoms with E-state index in [0.717, 1.165) is 4.90 Å². The van der Waals surface area contributed by atoms with E-state index in [9.17, 15) is 28.7 Å². The molecule has 0 spiro atoms. The molecule has 0 saturated carbocycles. The maximum Gasteiger partial charge on any atom is 0.407 e. The fraction of sp³-hybridized carbons (Fsp3) is 0.750. The van der Waals surface area contributed by atoms with Crippen molar-refractivity contribution >= 4 is 23.7 Å². The van der Waals surface area contributed by atoms with E-state index < -0.39 is 36.5 Å². The van der Waals surface area contributed by atoms with Crippen molar-refractivity contribution in [2.24, 2.45) is 0 Å². The largest absolute Gasteiger partial charge is 0.465 e. The van der Waals surface area contributed by atoms with Crippen LogP contribution in [-0.4, -0.2) is 77.0 Å². The van der Waals surface area contributed by atoms with Crippen LogP contribution < -0.4 is 5.32 Å². The van der Waals surface area contributed by atoms with Crippen LogP contribution in [0.25, 0.3) is 0 Å². The number of halogens is 1. The average molecular weight is 359 g/mol. The molecule has 0 radical (unpaired) electrons. The van der Waals surface area contributed by atoms with Crippen LogP contribution in [0.2, 0.25) is 0 Å². The zero-order chi connectivity index (χ0) is 19.0. The van der Waals surface area contributed by atoms with Gasteiger partial charge >= 0.3 is 6.09 Å². The number of amides is 3. The highest BCUT2D eigenvalue weighted by Gasteiger charge is 2.34. The molecule has 0 aromatic heterocycles.